The highest BCUT2D eigenvalue weighted by molar-refractivity contribution is 7.13. The lowest BCUT2D eigenvalue weighted by Crippen LogP contribution is -2.49. The summed E-state index contributed by atoms with van der Waals surface area (Å²) in [5.41, 5.74) is 3.59. The zero-order valence-corrected chi connectivity index (χ0v) is 20.2. The third-order valence-electron chi connectivity index (χ3n) is 6.08. The van der Waals surface area contributed by atoms with Gasteiger partial charge in [-0.2, -0.15) is 4.37 Å². The molecule has 0 saturated carbocycles. The summed E-state index contributed by atoms with van der Waals surface area (Å²) in [7, 11) is 0. The Bertz CT molecular complexity index is 1380. The Labute approximate surface area is 206 Å². The zero-order chi connectivity index (χ0) is 23.7. The molecule has 2 heterocycles. The lowest BCUT2D eigenvalue weighted by atomic mass is 10.1. The number of piperazine rings is 1. The normalized spacial score (nSPS) is 13.8. The van der Waals surface area contributed by atoms with Gasteiger partial charge in [0.15, 0.2) is 0 Å². The van der Waals surface area contributed by atoms with E-state index in [4.69, 9.17) is 11.6 Å². The van der Waals surface area contributed by atoms with Gasteiger partial charge in [-0.25, -0.2) is 0 Å². The fraction of sp³-hybridized carbons (Fsp3) is 0.192. The number of carbonyl (C=O) groups is 2. The molecule has 0 atom stereocenters. The number of rotatable bonds is 4. The number of halogens is 1. The quantitative estimate of drug-likeness (QED) is 0.412. The molecule has 1 aliphatic heterocycles. The van der Waals surface area contributed by atoms with Crippen LogP contribution in [0.2, 0.25) is 5.02 Å². The van der Waals surface area contributed by atoms with Crippen molar-refractivity contribution in [3.8, 4) is 0 Å². The summed E-state index contributed by atoms with van der Waals surface area (Å²) < 4.78 is 5.27. The van der Waals surface area contributed by atoms with Gasteiger partial charge in [-0.15, -0.1) is 0 Å². The van der Waals surface area contributed by atoms with Crippen molar-refractivity contribution in [3.63, 3.8) is 0 Å². The Kier molecular flexibility index (Phi) is 6.22. The number of aromatic nitrogens is 1. The van der Waals surface area contributed by atoms with Crippen LogP contribution < -0.4 is 10.2 Å². The van der Waals surface area contributed by atoms with Crippen LogP contribution >= 0.6 is 23.1 Å². The highest BCUT2D eigenvalue weighted by atomic mass is 35.5. The summed E-state index contributed by atoms with van der Waals surface area (Å²) in [6.45, 7) is 4.67. The van der Waals surface area contributed by atoms with Gasteiger partial charge in [-0.1, -0.05) is 48.0 Å². The number of hydrogen-bond acceptors (Lipinski definition) is 5. The summed E-state index contributed by atoms with van der Waals surface area (Å²) in [5, 5.41) is 4.42. The first-order valence-electron chi connectivity index (χ1n) is 11.1. The third-order valence-corrected chi connectivity index (χ3v) is 7.14. The van der Waals surface area contributed by atoms with Crippen molar-refractivity contribution in [2.45, 2.75) is 6.92 Å². The Morgan fingerprint density at radius 2 is 1.71 bits per heavy atom. The highest BCUT2D eigenvalue weighted by Gasteiger charge is 2.25. The molecule has 8 heteroatoms. The highest BCUT2D eigenvalue weighted by Crippen LogP contribution is 2.27. The van der Waals surface area contributed by atoms with Crippen molar-refractivity contribution in [3.05, 3.63) is 88.6 Å². The van der Waals surface area contributed by atoms with E-state index < -0.39 is 0 Å². The fourth-order valence-electron chi connectivity index (χ4n) is 4.25. The van der Waals surface area contributed by atoms with Gasteiger partial charge in [0.1, 0.15) is 5.69 Å². The van der Waals surface area contributed by atoms with E-state index in [0.29, 0.717) is 48.1 Å². The molecule has 3 aromatic carbocycles. The lowest BCUT2D eigenvalue weighted by molar-refractivity contribution is 0.0748. The van der Waals surface area contributed by atoms with Crippen LogP contribution in [-0.4, -0.2) is 47.3 Å². The second-order valence-corrected chi connectivity index (χ2v) is 9.48. The van der Waals surface area contributed by atoms with Gasteiger partial charge in [-0.3, -0.25) is 9.59 Å². The molecule has 0 spiro atoms. The number of hydrogen-bond donors (Lipinski definition) is 1. The third kappa shape index (κ3) is 4.36. The van der Waals surface area contributed by atoms with Crippen LogP contribution in [0.4, 0.5) is 11.4 Å². The van der Waals surface area contributed by atoms with Crippen LogP contribution in [0.5, 0.6) is 0 Å². The van der Waals surface area contributed by atoms with E-state index in [1.165, 1.54) is 11.5 Å². The topological polar surface area (TPSA) is 65.5 Å². The van der Waals surface area contributed by atoms with E-state index in [-0.39, 0.29) is 11.8 Å². The number of carbonyl (C=O) groups excluding carboxylic acids is 2. The van der Waals surface area contributed by atoms with Gasteiger partial charge >= 0.3 is 0 Å². The summed E-state index contributed by atoms with van der Waals surface area (Å²) in [4.78, 5) is 30.5. The lowest BCUT2D eigenvalue weighted by Gasteiger charge is -2.37. The average molecular weight is 491 g/mol. The van der Waals surface area contributed by atoms with Gasteiger partial charge in [0, 0.05) is 42.3 Å². The first-order chi connectivity index (χ1) is 16.5. The fourth-order valence-corrected chi connectivity index (χ4v) is 5.19. The summed E-state index contributed by atoms with van der Waals surface area (Å²) in [6.07, 6.45) is 0. The maximum absolute atomic E-state index is 13.4. The molecule has 34 heavy (non-hydrogen) atoms. The van der Waals surface area contributed by atoms with Gasteiger partial charge in [0.05, 0.1) is 16.0 Å². The van der Waals surface area contributed by atoms with Crippen molar-refractivity contribution in [2.24, 2.45) is 0 Å². The largest absolute Gasteiger partial charge is 0.368 e. The van der Waals surface area contributed by atoms with Crippen molar-refractivity contribution in [1.29, 1.82) is 0 Å². The van der Waals surface area contributed by atoms with E-state index in [2.05, 4.69) is 21.5 Å². The first kappa shape index (κ1) is 22.4. The summed E-state index contributed by atoms with van der Waals surface area (Å²) in [6, 6.07) is 20.6. The van der Waals surface area contributed by atoms with E-state index in [9.17, 15) is 9.59 Å². The molecule has 2 amide bonds. The van der Waals surface area contributed by atoms with Gasteiger partial charge in [-0.05, 0) is 54.4 Å². The maximum atomic E-state index is 13.4. The van der Waals surface area contributed by atoms with Gasteiger partial charge < -0.3 is 15.1 Å². The van der Waals surface area contributed by atoms with Crippen LogP contribution in [0.3, 0.4) is 0 Å². The van der Waals surface area contributed by atoms with Crippen molar-refractivity contribution in [1.82, 2.24) is 9.27 Å². The minimum absolute atomic E-state index is 0.0958. The molecular weight excluding hydrogens is 468 g/mol. The molecule has 1 aromatic heterocycles. The molecule has 1 aliphatic rings. The molecule has 0 radical (unpaired) electrons. The van der Waals surface area contributed by atoms with E-state index in [1.54, 1.807) is 12.1 Å². The SMILES string of the molecule is Cc1ccc(Cl)cc1N1CCN(C(=O)c2ccccc2NC(=O)c2nsc3ccccc23)CC1. The Balaban J connectivity index is 1.31. The maximum Gasteiger partial charge on any atom is 0.276 e. The number of benzene rings is 3. The van der Waals surface area contributed by atoms with Crippen LogP contribution in [0.25, 0.3) is 10.1 Å². The predicted octanol–water partition coefficient (Wildman–Crippen LogP) is 5.47. The molecule has 6 nitrogen and oxygen atoms in total. The van der Waals surface area contributed by atoms with E-state index in [1.807, 2.05) is 59.5 Å². The van der Waals surface area contributed by atoms with Crippen molar-refractivity contribution < 1.29 is 9.59 Å². The number of fused-ring (bicyclic) bond motifs is 1. The molecule has 1 saturated heterocycles. The number of aryl methyl sites for hydroxylation is 1. The summed E-state index contributed by atoms with van der Waals surface area (Å²) in [5.74, 6) is -0.416. The molecule has 172 valence electrons. The molecule has 0 aliphatic carbocycles. The van der Waals surface area contributed by atoms with Crippen molar-refractivity contribution >= 4 is 56.4 Å². The zero-order valence-electron chi connectivity index (χ0n) is 18.6. The van der Waals surface area contributed by atoms with Gasteiger partial charge in [0.25, 0.3) is 11.8 Å². The molecule has 1 fully saturated rings. The van der Waals surface area contributed by atoms with Crippen LogP contribution in [-0.2, 0) is 0 Å². The minimum atomic E-state index is -0.320. The van der Waals surface area contributed by atoms with E-state index >= 15 is 0 Å². The number of nitrogens with one attached hydrogen (secondary N) is 1. The average Bonchev–Trinajstić information content (AvgIpc) is 3.30. The summed E-state index contributed by atoms with van der Waals surface area (Å²) >= 11 is 7.48. The molecule has 0 unspecified atom stereocenters. The molecular formula is C26H23ClN4O2S. The number of para-hydroxylation sites is 1. The van der Waals surface area contributed by atoms with E-state index in [0.717, 1.165) is 21.3 Å². The molecule has 4 aromatic rings. The van der Waals surface area contributed by atoms with Crippen molar-refractivity contribution in [2.75, 3.05) is 36.4 Å². The Morgan fingerprint density at radius 3 is 2.53 bits per heavy atom. The Morgan fingerprint density at radius 1 is 0.971 bits per heavy atom. The molecule has 0 bridgehead atoms. The smallest absolute Gasteiger partial charge is 0.276 e. The molecule has 1 N–H and O–H groups in total. The van der Waals surface area contributed by atoms with Crippen LogP contribution in [0.1, 0.15) is 26.4 Å². The number of anilines is 2. The molecule has 5 rings (SSSR count). The van der Waals surface area contributed by atoms with Gasteiger partial charge in [0.2, 0.25) is 0 Å². The number of amides is 2. The Hall–Kier alpha value is -3.42. The predicted molar refractivity (Wildman–Crippen MR) is 138 cm³/mol. The minimum Gasteiger partial charge on any atom is -0.368 e. The standard InChI is InChI=1S/C26H23ClN4O2S/c1-17-10-11-18(27)16-22(17)30-12-14-31(15-13-30)26(33)19-6-2-4-8-21(19)28-25(32)24-20-7-3-5-9-23(20)34-29-24/h2-11,16H,12-15H2,1H3,(H,28,32). The first-order valence-corrected chi connectivity index (χ1v) is 12.2. The second kappa shape index (κ2) is 9.44. The van der Waals surface area contributed by atoms with Crippen LogP contribution in [0.15, 0.2) is 66.7 Å². The monoisotopic (exact) mass is 490 g/mol. The van der Waals surface area contributed by atoms with Crippen LogP contribution in [0, 0.1) is 6.92 Å². The number of nitrogens with zero attached hydrogens (tertiary/aromatic N) is 3. The second-order valence-electron chi connectivity index (χ2n) is 8.24.